The molecule has 4 aliphatic carbocycles. The molecule has 0 amide bonds. The highest BCUT2D eigenvalue weighted by atomic mass is 16.8. The molecule has 8 rings (SSSR count). The molecule has 4 heterocycles. The van der Waals surface area contributed by atoms with Crippen molar-refractivity contribution in [1.29, 1.82) is 0 Å². The summed E-state index contributed by atoms with van der Waals surface area (Å²) in [6.07, 6.45) is -29.7. The first kappa shape index (κ1) is 61.6. The van der Waals surface area contributed by atoms with Gasteiger partial charge >= 0.3 is 11.9 Å². The zero-order valence-corrected chi connectivity index (χ0v) is 42.9. The highest BCUT2D eigenvalue weighted by molar-refractivity contribution is 5.82. The molecule has 8 aliphatic rings. The maximum atomic E-state index is 13.1. The number of fused-ring (bicyclic) bond motifs is 1. The van der Waals surface area contributed by atoms with E-state index in [1.54, 1.807) is 0 Å². The molecule has 0 aromatic heterocycles. The lowest BCUT2D eigenvalue weighted by molar-refractivity contribution is -0.390. The Labute approximate surface area is 449 Å². The van der Waals surface area contributed by atoms with E-state index in [1.807, 2.05) is 0 Å². The van der Waals surface area contributed by atoms with Gasteiger partial charge in [0.05, 0.1) is 61.4 Å². The molecule has 8 fully saturated rings. The number of rotatable bonds is 16. The van der Waals surface area contributed by atoms with Gasteiger partial charge < -0.3 is 124 Å². The van der Waals surface area contributed by atoms with E-state index in [2.05, 4.69) is 0 Å². The zero-order chi connectivity index (χ0) is 56.3. The first-order chi connectivity index (χ1) is 37.1. The minimum Gasteiger partial charge on any atom is -0.460 e. The quantitative estimate of drug-likeness (QED) is 0.0388. The summed E-state index contributed by atoms with van der Waals surface area (Å²) in [5.74, 6) is -3.47. The fourth-order valence-electron chi connectivity index (χ4n) is 12.3. The summed E-state index contributed by atoms with van der Waals surface area (Å²) in [6.45, 7) is -2.14. The maximum Gasteiger partial charge on any atom is 0.330 e. The molecule has 27 heteroatoms. The van der Waals surface area contributed by atoms with Crippen LogP contribution in [0.4, 0.5) is 0 Å². The molecule has 78 heavy (non-hydrogen) atoms. The molecule has 4 aliphatic heterocycles. The van der Waals surface area contributed by atoms with Crippen molar-refractivity contribution < 1.29 is 134 Å². The molecule has 0 spiro atoms. The average Bonchev–Trinajstić information content (AvgIpc) is 3.48. The molecular weight excluding hydrogens is 1040 g/mol. The number of hydrogen-bond donors (Lipinski definition) is 16. The predicted molar refractivity (Wildman–Crippen MR) is 257 cm³/mol. The molecule has 0 aromatic carbocycles. The fourth-order valence-corrected chi connectivity index (χ4v) is 12.3. The molecular formula is C51H81O27+. The van der Waals surface area contributed by atoms with Crippen LogP contribution in [0.25, 0.3) is 0 Å². The molecule has 27 nitrogen and oxygen atoms in total. The van der Waals surface area contributed by atoms with Crippen LogP contribution in [-0.4, -0.2) is 277 Å². The lowest BCUT2D eigenvalue weighted by Crippen LogP contribution is -2.66. The molecule has 30 unspecified atom stereocenters. The Morgan fingerprint density at radius 2 is 0.936 bits per heavy atom. The van der Waals surface area contributed by atoms with Gasteiger partial charge in [-0.1, -0.05) is 12.2 Å². The van der Waals surface area contributed by atoms with Crippen LogP contribution in [-0.2, 0) is 47.5 Å². The number of carbonyl (C=O) groups is 2. The summed E-state index contributed by atoms with van der Waals surface area (Å²) >= 11 is 0. The Morgan fingerprint density at radius 3 is 1.47 bits per heavy atom. The van der Waals surface area contributed by atoms with Gasteiger partial charge in [-0.2, -0.15) is 0 Å². The van der Waals surface area contributed by atoms with Gasteiger partial charge in [0.25, 0.3) is 0 Å². The molecule has 4 saturated carbocycles. The van der Waals surface area contributed by atoms with E-state index >= 15 is 0 Å². The van der Waals surface area contributed by atoms with E-state index in [0.717, 1.165) is 12.2 Å². The van der Waals surface area contributed by atoms with Crippen molar-refractivity contribution in [2.24, 2.45) is 23.7 Å². The Kier molecular flexibility index (Phi) is 21.5. The van der Waals surface area contributed by atoms with E-state index in [1.165, 1.54) is 12.2 Å². The van der Waals surface area contributed by atoms with Crippen molar-refractivity contribution in [3.63, 3.8) is 0 Å². The highest BCUT2D eigenvalue weighted by Crippen LogP contribution is 2.44. The van der Waals surface area contributed by atoms with Gasteiger partial charge in [0.15, 0.2) is 31.1 Å². The van der Waals surface area contributed by atoms with E-state index in [-0.39, 0.29) is 56.8 Å². The summed E-state index contributed by atoms with van der Waals surface area (Å²) in [5, 5.41) is 171. The smallest absolute Gasteiger partial charge is 0.330 e. The minimum atomic E-state index is -2.06. The van der Waals surface area contributed by atoms with Crippen LogP contribution in [0.2, 0.25) is 0 Å². The number of aliphatic hydroxyl groups excluding tert-OH is 16. The van der Waals surface area contributed by atoms with Crippen molar-refractivity contribution in [2.45, 2.75) is 236 Å². The molecule has 17 N–H and O–H groups in total. The van der Waals surface area contributed by atoms with Gasteiger partial charge in [-0.15, -0.1) is 0 Å². The summed E-state index contributed by atoms with van der Waals surface area (Å²) in [5.41, 5.74) is 0. The molecule has 4 saturated heterocycles. The fraction of sp³-hybridized carbons (Fsp3) is 0.882. The topological polar surface area (TPSA) is 444 Å². The monoisotopic (exact) mass is 1130 g/mol. The lowest BCUT2D eigenvalue weighted by atomic mass is 9.72. The largest absolute Gasteiger partial charge is 0.460 e. The van der Waals surface area contributed by atoms with Crippen molar-refractivity contribution in [3.8, 4) is 0 Å². The number of ether oxygens (including phenoxy) is 9. The van der Waals surface area contributed by atoms with Crippen LogP contribution in [0.15, 0.2) is 24.3 Å². The summed E-state index contributed by atoms with van der Waals surface area (Å²) in [6, 6.07) is 0. The number of allylic oxidation sites excluding steroid dienone is 2. The van der Waals surface area contributed by atoms with Crippen molar-refractivity contribution in [3.05, 3.63) is 24.3 Å². The van der Waals surface area contributed by atoms with Crippen molar-refractivity contribution in [1.82, 2.24) is 0 Å². The third kappa shape index (κ3) is 14.6. The Hall–Kier alpha value is -2.50. The first-order valence-corrected chi connectivity index (χ1v) is 27.2. The number of carbonyl (C=O) groups excluding carboxylic acids is 2. The second-order valence-electron chi connectivity index (χ2n) is 22.5. The van der Waals surface area contributed by atoms with Gasteiger partial charge in [0.1, 0.15) is 92.6 Å². The highest BCUT2D eigenvalue weighted by Gasteiger charge is 2.58. The average molecular weight is 1130 g/mol. The van der Waals surface area contributed by atoms with E-state index in [0.29, 0.717) is 32.1 Å². The third-order valence-electron chi connectivity index (χ3n) is 17.0. The van der Waals surface area contributed by atoms with E-state index < -0.39 is 203 Å². The normalized spacial score (nSPS) is 49.5. The molecule has 0 radical (unpaired) electrons. The maximum absolute atomic E-state index is 13.1. The molecule has 30 atom stereocenters. The first-order valence-electron chi connectivity index (χ1n) is 27.2. The van der Waals surface area contributed by atoms with Gasteiger partial charge in [-0.05, 0) is 76.0 Å². The number of hydrogen-bond acceptors (Lipinski definition) is 26. The Morgan fingerprint density at radius 1 is 0.462 bits per heavy atom. The van der Waals surface area contributed by atoms with Gasteiger partial charge in [-0.25, -0.2) is 9.59 Å². The van der Waals surface area contributed by atoms with Crippen LogP contribution in [0.1, 0.15) is 77.0 Å². The molecule has 446 valence electrons. The Bertz CT molecular complexity index is 1980. The van der Waals surface area contributed by atoms with Gasteiger partial charge in [0.2, 0.25) is 0 Å². The molecule has 0 bridgehead atoms. The van der Waals surface area contributed by atoms with Crippen LogP contribution < -0.4 is 0 Å². The zero-order valence-electron chi connectivity index (χ0n) is 42.9. The third-order valence-corrected chi connectivity index (χ3v) is 17.0. The SMILES string of the molecule is O=C(C=CC1CCC(O)C(O)C1)OCC1OC(OC2C(OC3CC4C(OC5OC(CO)C(O)C(O)C5O)CC(O)CC4[OH+]C3C3CCC(O)C(O)C3)OC(COC(=O)C=CC3CCC(O)C(O)C3)C(O)C2O)C(O)C(O)C1O. The van der Waals surface area contributed by atoms with Crippen LogP contribution >= 0.6 is 0 Å². The Balaban J connectivity index is 1.04. The van der Waals surface area contributed by atoms with E-state index in [9.17, 15) is 91.3 Å². The van der Waals surface area contributed by atoms with E-state index in [4.69, 9.17) is 42.6 Å². The number of esters is 2. The summed E-state index contributed by atoms with van der Waals surface area (Å²) < 4.78 is 52.9. The number of aliphatic hydroxyl groups is 18. The second kappa shape index (κ2) is 27.3. The van der Waals surface area contributed by atoms with Crippen LogP contribution in [0, 0.1) is 23.7 Å². The standard InChI is InChI=1S/C51H80O27/c52-17-34-39(62)42(65)45(68)49(75-34)73-32-15-23(53)14-31-24(32)16-33(47(72-31)22-5-8-27(56)30(59)13-22)74-51-48(44(67)41(64)36(77-51)19-71-38(61)10-4-21-2-7-26(55)29(58)12-21)78-50-46(69)43(66)40(63)35(76-50)18-70-37(60)9-3-20-1-6-25(54)28(57)11-20/h3-4,9-10,20-36,39-59,62-69H,1-2,5-8,11-19H2/p+1. The predicted octanol–water partition coefficient (Wildman–Crippen LogP) is -6.60. The second-order valence-corrected chi connectivity index (χ2v) is 22.5. The van der Waals surface area contributed by atoms with Crippen LogP contribution in [0.3, 0.4) is 0 Å². The summed E-state index contributed by atoms with van der Waals surface area (Å²) in [7, 11) is 0. The molecule has 0 aromatic rings. The summed E-state index contributed by atoms with van der Waals surface area (Å²) in [4.78, 5) is 25.9. The van der Waals surface area contributed by atoms with Crippen LogP contribution in [0.5, 0.6) is 0 Å². The van der Waals surface area contributed by atoms with Crippen molar-refractivity contribution >= 4 is 11.9 Å². The van der Waals surface area contributed by atoms with Gasteiger partial charge in [-0.3, -0.25) is 0 Å². The minimum absolute atomic E-state index is 0.00993. The van der Waals surface area contributed by atoms with Crippen molar-refractivity contribution in [2.75, 3.05) is 19.8 Å². The van der Waals surface area contributed by atoms with Gasteiger partial charge in [0, 0.05) is 30.9 Å². The lowest BCUT2D eigenvalue weighted by Gasteiger charge is -2.50.